The molecule has 1 amide bonds. The number of esters is 1. The maximum atomic E-state index is 12.0. The van der Waals surface area contributed by atoms with Gasteiger partial charge in [-0.25, -0.2) is 9.59 Å². The first-order chi connectivity index (χ1) is 9.60. The lowest BCUT2D eigenvalue weighted by molar-refractivity contribution is -0.150. The Morgan fingerprint density at radius 3 is 2.40 bits per heavy atom. The summed E-state index contributed by atoms with van der Waals surface area (Å²) in [6, 6.07) is 9.43. The van der Waals surface area contributed by atoms with Crippen LogP contribution < -0.4 is 0 Å². The van der Waals surface area contributed by atoms with E-state index in [1.54, 1.807) is 14.0 Å². The highest BCUT2D eigenvalue weighted by Crippen LogP contribution is 2.42. The molecule has 1 aliphatic carbocycles. The van der Waals surface area contributed by atoms with Crippen molar-refractivity contribution >= 4 is 12.1 Å². The van der Waals surface area contributed by atoms with Crippen molar-refractivity contribution in [1.82, 2.24) is 4.90 Å². The zero-order chi connectivity index (χ0) is 14.6. The smallest absolute Gasteiger partial charge is 0.410 e. The van der Waals surface area contributed by atoms with Crippen LogP contribution in [0.3, 0.4) is 0 Å². The van der Waals surface area contributed by atoms with E-state index in [0.29, 0.717) is 19.4 Å². The molecule has 0 atom stereocenters. The van der Waals surface area contributed by atoms with E-state index in [0.717, 1.165) is 5.56 Å². The molecule has 0 saturated heterocycles. The van der Waals surface area contributed by atoms with Crippen LogP contribution in [-0.2, 0) is 20.9 Å². The molecule has 0 spiro atoms. The molecule has 0 aliphatic heterocycles. The highest BCUT2D eigenvalue weighted by molar-refractivity contribution is 5.88. The third-order valence-electron chi connectivity index (χ3n) is 3.50. The maximum absolute atomic E-state index is 12.0. The second kappa shape index (κ2) is 5.94. The number of carbonyl (C=O) groups excluding carboxylic acids is 2. The lowest BCUT2D eigenvalue weighted by Crippen LogP contribution is -2.45. The number of benzene rings is 1. The van der Waals surface area contributed by atoms with Crippen LogP contribution >= 0.6 is 0 Å². The van der Waals surface area contributed by atoms with Gasteiger partial charge >= 0.3 is 12.1 Å². The van der Waals surface area contributed by atoms with E-state index in [1.807, 2.05) is 30.3 Å². The Bertz CT molecular complexity index is 482. The number of nitrogens with zero attached hydrogens (tertiary/aromatic N) is 1. The van der Waals surface area contributed by atoms with E-state index in [4.69, 9.17) is 9.47 Å². The molecular weight excluding hydrogens is 258 g/mol. The largest absolute Gasteiger partial charge is 0.464 e. The topological polar surface area (TPSA) is 55.8 Å². The van der Waals surface area contributed by atoms with Gasteiger partial charge in [0, 0.05) is 7.05 Å². The predicted molar refractivity (Wildman–Crippen MR) is 73.0 cm³/mol. The number of carbonyl (C=O) groups is 2. The van der Waals surface area contributed by atoms with Crippen LogP contribution in [0.25, 0.3) is 0 Å². The number of ether oxygens (including phenoxy) is 2. The molecule has 1 saturated carbocycles. The Labute approximate surface area is 118 Å². The van der Waals surface area contributed by atoms with E-state index in [2.05, 4.69) is 0 Å². The van der Waals surface area contributed by atoms with Crippen LogP contribution in [0.15, 0.2) is 30.3 Å². The summed E-state index contributed by atoms with van der Waals surface area (Å²) in [4.78, 5) is 25.2. The molecule has 1 fully saturated rings. The molecular formula is C15H19NO4. The van der Waals surface area contributed by atoms with Gasteiger partial charge in [0.1, 0.15) is 12.1 Å². The van der Waals surface area contributed by atoms with Gasteiger partial charge in [0.2, 0.25) is 0 Å². The molecule has 1 aliphatic rings. The van der Waals surface area contributed by atoms with Crippen molar-refractivity contribution in [2.75, 3.05) is 13.7 Å². The lowest BCUT2D eigenvalue weighted by Gasteiger charge is -2.25. The van der Waals surface area contributed by atoms with Crippen molar-refractivity contribution in [3.63, 3.8) is 0 Å². The SMILES string of the molecule is CCOC(=O)C1(N(C)C(=O)OCc2ccccc2)CC1. The first-order valence-corrected chi connectivity index (χ1v) is 6.72. The fraction of sp³-hybridized carbons (Fsp3) is 0.467. The van der Waals surface area contributed by atoms with Crippen molar-refractivity contribution in [2.24, 2.45) is 0 Å². The Kier molecular flexibility index (Phi) is 4.27. The van der Waals surface area contributed by atoms with Crippen molar-refractivity contribution in [3.05, 3.63) is 35.9 Å². The van der Waals surface area contributed by atoms with Gasteiger partial charge in [-0.3, -0.25) is 4.90 Å². The van der Waals surface area contributed by atoms with Crippen LogP contribution in [0.5, 0.6) is 0 Å². The molecule has 108 valence electrons. The zero-order valence-corrected chi connectivity index (χ0v) is 11.8. The van der Waals surface area contributed by atoms with Crippen molar-refractivity contribution in [2.45, 2.75) is 31.9 Å². The maximum Gasteiger partial charge on any atom is 0.410 e. The number of hydrogen-bond acceptors (Lipinski definition) is 4. The van der Waals surface area contributed by atoms with E-state index in [1.165, 1.54) is 4.90 Å². The Morgan fingerprint density at radius 1 is 1.20 bits per heavy atom. The molecule has 0 bridgehead atoms. The fourth-order valence-corrected chi connectivity index (χ4v) is 2.05. The molecule has 20 heavy (non-hydrogen) atoms. The quantitative estimate of drug-likeness (QED) is 0.775. The van der Waals surface area contributed by atoms with E-state index >= 15 is 0 Å². The second-order valence-corrected chi connectivity index (χ2v) is 4.85. The van der Waals surface area contributed by atoms with Crippen molar-refractivity contribution in [1.29, 1.82) is 0 Å². The summed E-state index contributed by atoms with van der Waals surface area (Å²) < 4.78 is 10.2. The highest BCUT2D eigenvalue weighted by Gasteiger charge is 2.57. The van der Waals surface area contributed by atoms with Crippen molar-refractivity contribution < 1.29 is 19.1 Å². The number of hydrogen-bond donors (Lipinski definition) is 0. The van der Waals surface area contributed by atoms with Crippen LogP contribution in [-0.4, -0.2) is 36.2 Å². The van der Waals surface area contributed by atoms with E-state index in [-0.39, 0.29) is 12.6 Å². The summed E-state index contributed by atoms with van der Waals surface area (Å²) in [5.74, 6) is -0.348. The van der Waals surface area contributed by atoms with Crippen LogP contribution in [0.1, 0.15) is 25.3 Å². The molecule has 0 radical (unpaired) electrons. The van der Waals surface area contributed by atoms with Crippen LogP contribution in [0.2, 0.25) is 0 Å². The zero-order valence-electron chi connectivity index (χ0n) is 11.8. The van der Waals surface area contributed by atoms with Crippen LogP contribution in [0.4, 0.5) is 4.79 Å². The van der Waals surface area contributed by atoms with Crippen LogP contribution in [0, 0.1) is 0 Å². The second-order valence-electron chi connectivity index (χ2n) is 4.85. The van der Waals surface area contributed by atoms with Gasteiger partial charge in [-0.15, -0.1) is 0 Å². The molecule has 5 heteroatoms. The fourth-order valence-electron chi connectivity index (χ4n) is 2.05. The summed E-state index contributed by atoms with van der Waals surface area (Å²) in [6.45, 7) is 2.26. The average molecular weight is 277 g/mol. The minimum absolute atomic E-state index is 0.197. The summed E-state index contributed by atoms with van der Waals surface area (Å²) >= 11 is 0. The standard InChI is InChI=1S/C15H19NO4/c1-3-19-13(17)15(9-10-15)16(2)14(18)20-11-12-7-5-4-6-8-12/h4-8H,3,9-11H2,1-2H3. The Balaban J connectivity index is 1.91. The van der Waals surface area contributed by atoms with Gasteiger partial charge in [0.25, 0.3) is 0 Å². The number of rotatable bonds is 5. The Hall–Kier alpha value is -2.04. The minimum atomic E-state index is -0.816. The van der Waals surface area contributed by atoms with E-state index in [9.17, 15) is 9.59 Å². The van der Waals surface area contributed by atoms with Gasteiger partial charge in [0.05, 0.1) is 6.61 Å². The molecule has 0 aromatic heterocycles. The van der Waals surface area contributed by atoms with Crippen molar-refractivity contribution in [3.8, 4) is 0 Å². The molecule has 0 N–H and O–H groups in total. The number of amides is 1. The van der Waals surface area contributed by atoms with Gasteiger partial charge < -0.3 is 9.47 Å². The monoisotopic (exact) mass is 277 g/mol. The first-order valence-electron chi connectivity index (χ1n) is 6.72. The molecule has 1 aromatic rings. The first kappa shape index (κ1) is 14.4. The summed E-state index contributed by atoms with van der Waals surface area (Å²) in [7, 11) is 1.58. The molecule has 0 unspecified atom stereocenters. The minimum Gasteiger partial charge on any atom is -0.464 e. The van der Waals surface area contributed by atoms with Gasteiger partial charge in [-0.1, -0.05) is 30.3 Å². The summed E-state index contributed by atoms with van der Waals surface area (Å²) in [5, 5.41) is 0. The normalized spacial score (nSPS) is 15.3. The molecule has 2 rings (SSSR count). The van der Waals surface area contributed by atoms with Gasteiger partial charge in [-0.05, 0) is 25.3 Å². The summed E-state index contributed by atoms with van der Waals surface area (Å²) in [6.07, 6.45) is 0.755. The highest BCUT2D eigenvalue weighted by atomic mass is 16.6. The van der Waals surface area contributed by atoms with Gasteiger partial charge in [0.15, 0.2) is 0 Å². The third-order valence-corrected chi connectivity index (χ3v) is 3.50. The summed E-state index contributed by atoms with van der Waals surface area (Å²) in [5.41, 5.74) is 0.0966. The lowest BCUT2D eigenvalue weighted by atomic mass is 10.2. The number of likely N-dealkylation sites (N-methyl/N-ethyl adjacent to an activating group) is 1. The molecule has 1 aromatic carbocycles. The molecule has 5 nitrogen and oxygen atoms in total. The molecule has 0 heterocycles. The Morgan fingerprint density at radius 2 is 1.85 bits per heavy atom. The van der Waals surface area contributed by atoms with Gasteiger partial charge in [-0.2, -0.15) is 0 Å². The average Bonchev–Trinajstić information content (AvgIpc) is 3.27. The van der Waals surface area contributed by atoms with E-state index < -0.39 is 11.6 Å². The third kappa shape index (κ3) is 2.92. The predicted octanol–water partition coefficient (Wildman–Crippen LogP) is 2.35.